The molecule has 2 heterocycles. The molecular formula is C31H37N3O5S. The van der Waals surface area contributed by atoms with E-state index < -0.39 is 12.0 Å². The lowest BCUT2D eigenvalue weighted by Gasteiger charge is -2.27. The Hall–Kier alpha value is -3.85. The van der Waals surface area contributed by atoms with E-state index in [9.17, 15) is 9.59 Å². The molecule has 4 rings (SSSR count). The van der Waals surface area contributed by atoms with Gasteiger partial charge in [-0.15, -0.1) is 0 Å². The predicted octanol–water partition coefficient (Wildman–Crippen LogP) is 4.44. The summed E-state index contributed by atoms with van der Waals surface area (Å²) in [6, 6.07) is 12.8. The quantitative estimate of drug-likeness (QED) is 0.321. The highest BCUT2D eigenvalue weighted by molar-refractivity contribution is 7.07. The van der Waals surface area contributed by atoms with Gasteiger partial charge in [0.05, 0.1) is 36.6 Å². The van der Waals surface area contributed by atoms with Gasteiger partial charge < -0.3 is 19.1 Å². The number of thiazole rings is 1. The van der Waals surface area contributed by atoms with Crippen LogP contribution in [0.1, 0.15) is 57.7 Å². The zero-order valence-corrected chi connectivity index (χ0v) is 24.8. The highest BCUT2D eigenvalue weighted by atomic mass is 32.1. The van der Waals surface area contributed by atoms with Crippen molar-refractivity contribution in [1.29, 1.82) is 0 Å². The smallest absolute Gasteiger partial charge is 0.338 e. The molecule has 1 aliphatic heterocycles. The second-order valence-electron chi connectivity index (χ2n) is 9.29. The molecule has 0 aliphatic carbocycles. The molecule has 0 amide bonds. The molecule has 40 heavy (non-hydrogen) atoms. The Morgan fingerprint density at radius 3 is 2.38 bits per heavy atom. The second kappa shape index (κ2) is 13.0. The van der Waals surface area contributed by atoms with Crippen LogP contribution in [-0.4, -0.2) is 44.5 Å². The second-order valence-corrected chi connectivity index (χ2v) is 10.3. The third-order valence-corrected chi connectivity index (χ3v) is 7.93. The van der Waals surface area contributed by atoms with Crippen LogP contribution in [-0.2, 0) is 9.53 Å². The number of aromatic nitrogens is 1. The normalized spacial score (nSPS) is 14.9. The molecule has 0 radical (unpaired) electrons. The summed E-state index contributed by atoms with van der Waals surface area (Å²) in [5.74, 6) is 0.626. The van der Waals surface area contributed by atoms with Crippen molar-refractivity contribution in [2.24, 2.45) is 4.99 Å². The highest BCUT2D eigenvalue weighted by Gasteiger charge is 2.36. The van der Waals surface area contributed by atoms with E-state index in [0.29, 0.717) is 44.1 Å². The fourth-order valence-electron chi connectivity index (χ4n) is 4.99. The Morgan fingerprint density at radius 2 is 1.77 bits per heavy atom. The van der Waals surface area contributed by atoms with Crippen LogP contribution in [0.25, 0.3) is 6.08 Å². The van der Waals surface area contributed by atoms with Crippen LogP contribution in [0.15, 0.2) is 63.5 Å². The number of nitrogens with zero attached hydrogens (tertiary/aromatic N) is 3. The number of fused-ring (bicyclic) bond motifs is 1. The monoisotopic (exact) mass is 563 g/mol. The first kappa shape index (κ1) is 29.1. The molecule has 0 saturated carbocycles. The molecule has 8 nitrogen and oxygen atoms in total. The molecule has 0 spiro atoms. The summed E-state index contributed by atoms with van der Waals surface area (Å²) < 4.78 is 18.8. The first-order chi connectivity index (χ1) is 19.4. The zero-order chi connectivity index (χ0) is 28.8. The molecule has 0 fully saturated rings. The van der Waals surface area contributed by atoms with E-state index in [1.807, 2.05) is 25.1 Å². The molecule has 1 aromatic heterocycles. The van der Waals surface area contributed by atoms with Gasteiger partial charge in [0.2, 0.25) is 0 Å². The Balaban J connectivity index is 1.96. The van der Waals surface area contributed by atoms with Gasteiger partial charge in [0.1, 0.15) is 17.5 Å². The SMILES string of the molecule is CCCC1=C(C(=O)OCC)[C@@H](c2cc(OC)ccc2OC)n2c(s/c(=C\c3ccc(N(CC)CC)cc3)c2=O)=N1. The number of esters is 1. The third-order valence-electron chi connectivity index (χ3n) is 6.94. The lowest BCUT2D eigenvalue weighted by molar-refractivity contribution is -0.139. The molecule has 1 aliphatic rings. The van der Waals surface area contributed by atoms with Crippen LogP contribution in [0.5, 0.6) is 11.5 Å². The first-order valence-corrected chi connectivity index (χ1v) is 14.5. The standard InChI is InChI=1S/C31H37N3O5S/c1-7-11-24-27(30(36)39-10-4)28(23-19-22(37-5)16-17-25(23)38-6)34-29(35)26(40-31(34)32-24)18-20-12-14-21(15-13-20)33(8-2)9-3/h12-19,28H,7-11H2,1-6H3/b26-18-/t28-/m1/s1. The number of hydrogen-bond acceptors (Lipinski definition) is 8. The number of rotatable bonds is 11. The van der Waals surface area contributed by atoms with E-state index in [0.717, 1.165) is 30.8 Å². The molecule has 212 valence electrons. The minimum Gasteiger partial charge on any atom is -0.497 e. The summed E-state index contributed by atoms with van der Waals surface area (Å²) in [5.41, 5.74) is 3.41. The van der Waals surface area contributed by atoms with Gasteiger partial charge in [-0.05, 0) is 69.2 Å². The van der Waals surface area contributed by atoms with Crippen molar-refractivity contribution in [2.45, 2.75) is 46.6 Å². The molecule has 0 N–H and O–H groups in total. The van der Waals surface area contributed by atoms with Gasteiger partial charge in [0, 0.05) is 24.3 Å². The number of anilines is 1. The van der Waals surface area contributed by atoms with Crippen LogP contribution in [0.2, 0.25) is 0 Å². The number of carbonyl (C=O) groups excluding carboxylic acids is 1. The van der Waals surface area contributed by atoms with Crippen LogP contribution < -0.4 is 29.3 Å². The summed E-state index contributed by atoms with van der Waals surface area (Å²) in [6.45, 7) is 10.1. The van der Waals surface area contributed by atoms with Gasteiger partial charge in [-0.25, -0.2) is 9.79 Å². The van der Waals surface area contributed by atoms with Gasteiger partial charge >= 0.3 is 5.97 Å². The van der Waals surface area contributed by atoms with E-state index in [-0.39, 0.29) is 12.2 Å². The average Bonchev–Trinajstić information content (AvgIpc) is 3.27. The van der Waals surface area contributed by atoms with Gasteiger partial charge in [-0.1, -0.05) is 36.8 Å². The topological polar surface area (TPSA) is 82.4 Å². The maximum Gasteiger partial charge on any atom is 0.338 e. The Labute approximate surface area is 238 Å². The molecule has 1 atom stereocenters. The maximum atomic E-state index is 14.0. The number of carbonyl (C=O) groups is 1. The van der Waals surface area contributed by atoms with Gasteiger partial charge in [-0.3, -0.25) is 9.36 Å². The van der Waals surface area contributed by atoms with E-state index >= 15 is 0 Å². The number of hydrogen-bond donors (Lipinski definition) is 0. The number of allylic oxidation sites excluding steroid dienone is 1. The predicted molar refractivity (Wildman–Crippen MR) is 159 cm³/mol. The van der Waals surface area contributed by atoms with Crippen molar-refractivity contribution in [1.82, 2.24) is 4.57 Å². The van der Waals surface area contributed by atoms with E-state index in [4.69, 9.17) is 19.2 Å². The van der Waals surface area contributed by atoms with Crippen LogP contribution in [0, 0.1) is 0 Å². The van der Waals surface area contributed by atoms with Gasteiger partial charge in [0.25, 0.3) is 5.56 Å². The van der Waals surface area contributed by atoms with Gasteiger partial charge in [0.15, 0.2) is 4.80 Å². The largest absolute Gasteiger partial charge is 0.497 e. The molecule has 2 aromatic carbocycles. The fraction of sp³-hybridized carbons (Fsp3) is 0.387. The zero-order valence-electron chi connectivity index (χ0n) is 24.0. The van der Waals surface area contributed by atoms with Crippen LogP contribution in [0.3, 0.4) is 0 Å². The third kappa shape index (κ3) is 5.70. The molecule has 9 heteroatoms. The van der Waals surface area contributed by atoms with E-state index in [1.54, 1.807) is 43.9 Å². The lowest BCUT2D eigenvalue weighted by Crippen LogP contribution is -2.40. The fourth-order valence-corrected chi connectivity index (χ4v) is 6.01. The molecule has 3 aromatic rings. The van der Waals surface area contributed by atoms with Crippen LogP contribution in [0.4, 0.5) is 5.69 Å². The Bertz CT molecular complexity index is 1570. The maximum absolute atomic E-state index is 14.0. The summed E-state index contributed by atoms with van der Waals surface area (Å²) >= 11 is 1.31. The summed E-state index contributed by atoms with van der Waals surface area (Å²) in [7, 11) is 3.14. The number of ether oxygens (including phenoxy) is 3. The lowest BCUT2D eigenvalue weighted by atomic mass is 9.93. The van der Waals surface area contributed by atoms with Gasteiger partial charge in [-0.2, -0.15) is 0 Å². The highest BCUT2D eigenvalue weighted by Crippen LogP contribution is 2.38. The summed E-state index contributed by atoms with van der Waals surface area (Å²) in [6.07, 6.45) is 3.22. The Morgan fingerprint density at radius 1 is 1.05 bits per heavy atom. The molecule has 0 unspecified atom stereocenters. The first-order valence-electron chi connectivity index (χ1n) is 13.7. The number of methoxy groups -OCH3 is 2. The van der Waals surface area contributed by atoms with Crippen molar-refractivity contribution >= 4 is 29.1 Å². The van der Waals surface area contributed by atoms with Crippen molar-refractivity contribution in [3.8, 4) is 11.5 Å². The van der Waals surface area contributed by atoms with Crippen molar-refractivity contribution < 1.29 is 19.0 Å². The minimum atomic E-state index is -0.783. The van der Waals surface area contributed by atoms with E-state index in [1.165, 1.54) is 11.3 Å². The Kier molecular flexibility index (Phi) is 9.47. The van der Waals surface area contributed by atoms with Crippen molar-refractivity contribution in [3.05, 3.63) is 84.5 Å². The van der Waals surface area contributed by atoms with Crippen molar-refractivity contribution in [3.63, 3.8) is 0 Å². The van der Waals surface area contributed by atoms with Crippen molar-refractivity contribution in [2.75, 3.05) is 38.8 Å². The summed E-state index contributed by atoms with van der Waals surface area (Å²) in [4.78, 5) is 35.1. The minimum absolute atomic E-state index is 0.206. The summed E-state index contributed by atoms with van der Waals surface area (Å²) in [5, 5.41) is 0. The molecule has 0 saturated heterocycles. The van der Waals surface area contributed by atoms with E-state index in [2.05, 4.69) is 30.9 Å². The average molecular weight is 564 g/mol. The van der Waals surface area contributed by atoms with Crippen LogP contribution >= 0.6 is 11.3 Å². The molecular weight excluding hydrogens is 526 g/mol. The number of benzene rings is 2. The molecule has 0 bridgehead atoms.